The highest BCUT2D eigenvalue weighted by Gasteiger charge is 2.20. The first-order valence-electron chi connectivity index (χ1n) is 6.93. The van der Waals surface area contributed by atoms with Crippen molar-refractivity contribution >= 4 is 17.0 Å². The number of imidazole rings is 1. The van der Waals surface area contributed by atoms with Crippen molar-refractivity contribution in [3.63, 3.8) is 0 Å². The fraction of sp³-hybridized carbons (Fsp3) is 0.333. The van der Waals surface area contributed by atoms with Gasteiger partial charge in [-0.15, -0.1) is 0 Å². The number of hydrogen-bond acceptors (Lipinski definition) is 5. The van der Waals surface area contributed by atoms with Gasteiger partial charge in [0.15, 0.2) is 0 Å². The van der Waals surface area contributed by atoms with Crippen LogP contribution in [0.3, 0.4) is 0 Å². The van der Waals surface area contributed by atoms with E-state index in [-0.39, 0.29) is 6.04 Å². The molecule has 0 amide bonds. The predicted molar refractivity (Wildman–Crippen MR) is 80.4 cm³/mol. The molecular weight excluding hydrogens is 268 g/mol. The Balaban J connectivity index is 2.14. The second-order valence-corrected chi connectivity index (χ2v) is 4.88. The van der Waals surface area contributed by atoms with Gasteiger partial charge in [-0.2, -0.15) is 0 Å². The number of fused-ring (bicyclic) bond motifs is 1. The summed E-state index contributed by atoms with van der Waals surface area (Å²) in [5.74, 6) is 2.53. The first kappa shape index (κ1) is 13.5. The highest BCUT2D eigenvalue weighted by molar-refractivity contribution is 5.84. The lowest BCUT2D eigenvalue weighted by Crippen LogP contribution is -2.10. The average molecular weight is 286 g/mol. The number of hydrogen-bond donors (Lipinski definition) is 1. The molecule has 6 heteroatoms. The van der Waals surface area contributed by atoms with Crippen LogP contribution in [-0.4, -0.2) is 21.1 Å². The van der Waals surface area contributed by atoms with Gasteiger partial charge in [-0.1, -0.05) is 6.07 Å². The summed E-state index contributed by atoms with van der Waals surface area (Å²) in [6, 6.07) is 5.65. The summed E-state index contributed by atoms with van der Waals surface area (Å²) in [6.45, 7) is 6.37. The maximum Gasteiger partial charge on any atom is 0.217 e. The number of nitrogens with two attached hydrogens (primary N) is 1. The van der Waals surface area contributed by atoms with Gasteiger partial charge in [0.2, 0.25) is 11.8 Å². The Morgan fingerprint density at radius 3 is 2.90 bits per heavy atom. The van der Waals surface area contributed by atoms with Gasteiger partial charge in [0, 0.05) is 0 Å². The number of nitrogens with zero attached hydrogens (tertiary/aromatic N) is 3. The van der Waals surface area contributed by atoms with Crippen LogP contribution in [0, 0.1) is 6.92 Å². The van der Waals surface area contributed by atoms with Crippen molar-refractivity contribution in [1.82, 2.24) is 14.5 Å². The smallest absolute Gasteiger partial charge is 0.217 e. The molecule has 3 aromatic rings. The lowest BCUT2D eigenvalue weighted by molar-refractivity contribution is 0.343. The standard InChI is InChI=1S/C15H18N4O2/c1-4-20-12-7-5-6-11-13(12)18-15(16)19(11)10(3)14-17-8-9(2)21-14/h5-8,10H,4H2,1-3H3,(H2,16,18). The molecule has 110 valence electrons. The van der Waals surface area contributed by atoms with Crippen LogP contribution in [0.15, 0.2) is 28.8 Å². The molecule has 2 aromatic heterocycles. The van der Waals surface area contributed by atoms with E-state index in [1.807, 2.05) is 43.5 Å². The minimum atomic E-state index is -0.138. The van der Waals surface area contributed by atoms with E-state index in [2.05, 4.69) is 9.97 Å². The fourth-order valence-electron chi connectivity index (χ4n) is 2.46. The Morgan fingerprint density at radius 2 is 2.24 bits per heavy atom. The molecule has 0 saturated heterocycles. The molecule has 0 saturated carbocycles. The number of benzene rings is 1. The third-order valence-corrected chi connectivity index (χ3v) is 3.39. The Bertz CT molecular complexity index is 775. The van der Waals surface area contributed by atoms with Crippen LogP contribution in [0.5, 0.6) is 5.75 Å². The number of nitrogen functional groups attached to an aromatic ring is 1. The second-order valence-electron chi connectivity index (χ2n) is 4.88. The van der Waals surface area contributed by atoms with Crippen molar-refractivity contribution in [3.8, 4) is 5.75 Å². The van der Waals surface area contributed by atoms with Crippen molar-refractivity contribution in [3.05, 3.63) is 36.0 Å². The lowest BCUT2D eigenvalue weighted by atomic mass is 10.2. The van der Waals surface area contributed by atoms with E-state index in [1.54, 1.807) is 6.20 Å². The fourth-order valence-corrected chi connectivity index (χ4v) is 2.46. The van der Waals surface area contributed by atoms with Gasteiger partial charge in [-0.25, -0.2) is 9.97 Å². The zero-order valence-electron chi connectivity index (χ0n) is 12.3. The molecule has 0 fully saturated rings. The Kier molecular flexibility index (Phi) is 3.29. The topological polar surface area (TPSA) is 79.1 Å². The largest absolute Gasteiger partial charge is 0.492 e. The highest BCUT2D eigenvalue weighted by atomic mass is 16.5. The van der Waals surface area contributed by atoms with Crippen molar-refractivity contribution in [1.29, 1.82) is 0 Å². The Labute approximate surface area is 122 Å². The van der Waals surface area contributed by atoms with Gasteiger partial charge in [0.1, 0.15) is 23.1 Å². The number of aryl methyl sites for hydroxylation is 1. The Hall–Kier alpha value is -2.50. The van der Waals surface area contributed by atoms with E-state index >= 15 is 0 Å². The van der Waals surface area contributed by atoms with Gasteiger partial charge in [0.25, 0.3) is 0 Å². The second kappa shape index (κ2) is 5.12. The minimum Gasteiger partial charge on any atom is -0.492 e. The molecule has 0 radical (unpaired) electrons. The molecule has 0 bridgehead atoms. The molecule has 6 nitrogen and oxygen atoms in total. The predicted octanol–water partition coefficient (Wildman–Crippen LogP) is 2.92. The average Bonchev–Trinajstić information content (AvgIpc) is 3.02. The van der Waals surface area contributed by atoms with E-state index in [4.69, 9.17) is 14.9 Å². The highest BCUT2D eigenvalue weighted by Crippen LogP contribution is 2.31. The van der Waals surface area contributed by atoms with Crippen LogP contribution in [0.4, 0.5) is 5.95 Å². The summed E-state index contributed by atoms with van der Waals surface area (Å²) in [4.78, 5) is 8.71. The van der Waals surface area contributed by atoms with Crippen molar-refractivity contribution in [2.75, 3.05) is 12.3 Å². The van der Waals surface area contributed by atoms with E-state index in [9.17, 15) is 0 Å². The molecule has 21 heavy (non-hydrogen) atoms. The lowest BCUT2D eigenvalue weighted by Gasteiger charge is -2.12. The van der Waals surface area contributed by atoms with E-state index in [0.717, 1.165) is 22.5 Å². The summed E-state index contributed by atoms with van der Waals surface area (Å²) in [5.41, 5.74) is 7.75. The summed E-state index contributed by atoms with van der Waals surface area (Å²) in [6.07, 6.45) is 1.70. The first-order valence-corrected chi connectivity index (χ1v) is 6.93. The summed E-state index contributed by atoms with van der Waals surface area (Å²) < 4.78 is 13.1. The van der Waals surface area contributed by atoms with Crippen LogP contribution in [0.2, 0.25) is 0 Å². The minimum absolute atomic E-state index is 0.138. The van der Waals surface area contributed by atoms with Gasteiger partial charge >= 0.3 is 0 Å². The maximum absolute atomic E-state index is 6.09. The molecular formula is C15H18N4O2. The van der Waals surface area contributed by atoms with Crippen molar-refractivity contribution in [2.45, 2.75) is 26.8 Å². The molecule has 2 heterocycles. The molecule has 3 rings (SSSR count). The van der Waals surface area contributed by atoms with Crippen LogP contribution in [0.25, 0.3) is 11.0 Å². The molecule has 0 aliphatic rings. The normalized spacial score (nSPS) is 12.7. The number of anilines is 1. The van der Waals surface area contributed by atoms with Crippen LogP contribution < -0.4 is 10.5 Å². The zero-order valence-corrected chi connectivity index (χ0v) is 12.3. The number of aromatic nitrogens is 3. The number of para-hydroxylation sites is 1. The first-order chi connectivity index (χ1) is 10.1. The molecule has 1 aromatic carbocycles. The summed E-state index contributed by atoms with van der Waals surface area (Å²) in [7, 11) is 0. The number of rotatable bonds is 4. The van der Waals surface area contributed by atoms with Crippen LogP contribution in [-0.2, 0) is 0 Å². The number of ether oxygens (including phenoxy) is 1. The zero-order chi connectivity index (χ0) is 15.0. The number of oxazole rings is 1. The molecule has 2 N–H and O–H groups in total. The maximum atomic E-state index is 6.09. The van der Waals surface area contributed by atoms with Gasteiger partial charge < -0.3 is 14.9 Å². The summed E-state index contributed by atoms with van der Waals surface area (Å²) >= 11 is 0. The van der Waals surface area contributed by atoms with E-state index < -0.39 is 0 Å². The van der Waals surface area contributed by atoms with Crippen LogP contribution in [0.1, 0.15) is 31.5 Å². The third kappa shape index (κ3) is 2.22. The Morgan fingerprint density at radius 1 is 1.43 bits per heavy atom. The molecule has 0 aliphatic heterocycles. The third-order valence-electron chi connectivity index (χ3n) is 3.39. The van der Waals surface area contributed by atoms with Gasteiger partial charge in [0.05, 0.1) is 18.3 Å². The van der Waals surface area contributed by atoms with Crippen molar-refractivity contribution in [2.24, 2.45) is 0 Å². The van der Waals surface area contributed by atoms with Gasteiger partial charge in [-0.3, -0.25) is 4.57 Å². The molecule has 1 unspecified atom stereocenters. The van der Waals surface area contributed by atoms with E-state index in [1.165, 1.54) is 0 Å². The van der Waals surface area contributed by atoms with Crippen LogP contribution >= 0.6 is 0 Å². The quantitative estimate of drug-likeness (QED) is 0.797. The van der Waals surface area contributed by atoms with E-state index in [0.29, 0.717) is 18.4 Å². The molecule has 0 aliphatic carbocycles. The monoisotopic (exact) mass is 286 g/mol. The molecule has 0 spiro atoms. The summed E-state index contributed by atoms with van der Waals surface area (Å²) in [5, 5.41) is 0. The van der Waals surface area contributed by atoms with Crippen molar-refractivity contribution < 1.29 is 9.15 Å². The SMILES string of the molecule is CCOc1cccc2c1nc(N)n2C(C)c1ncc(C)o1. The molecule has 1 atom stereocenters. The van der Waals surface area contributed by atoms with Gasteiger partial charge in [-0.05, 0) is 32.9 Å².